The van der Waals surface area contributed by atoms with Gasteiger partial charge in [0.05, 0.1) is 0 Å². The molecule has 3 aliphatic rings. The smallest absolute Gasteiger partial charge is 0.00467 e. The van der Waals surface area contributed by atoms with Gasteiger partial charge in [-0.2, -0.15) is 0 Å². The van der Waals surface area contributed by atoms with E-state index in [0.29, 0.717) is 5.41 Å². The van der Waals surface area contributed by atoms with Gasteiger partial charge in [-0.1, -0.05) is 30.3 Å². The molecule has 0 atom stereocenters. The molecular weight excluding hydrogens is 168 g/mol. The lowest BCUT2D eigenvalue weighted by Crippen LogP contribution is -2.37. The zero-order valence-electron chi connectivity index (χ0n) is 8.71. The standard InChI is InChI=1S/C14H18/c1-2-4-13(5-3-1)14-9-6-12(7-10-14)8-11-14/h1-5,12H,6-11H2. The van der Waals surface area contributed by atoms with Crippen molar-refractivity contribution in [1.29, 1.82) is 0 Å². The molecule has 74 valence electrons. The third-order valence-electron chi connectivity index (χ3n) is 4.48. The maximum Gasteiger partial charge on any atom is -0.00467 e. The average Bonchev–Trinajstić information content (AvgIpc) is 2.33. The molecule has 1 aromatic carbocycles. The molecule has 0 unspecified atom stereocenters. The van der Waals surface area contributed by atoms with E-state index in [4.69, 9.17) is 0 Å². The molecule has 0 N–H and O–H groups in total. The second-order valence-corrected chi connectivity index (χ2v) is 5.13. The van der Waals surface area contributed by atoms with E-state index in [2.05, 4.69) is 30.3 Å². The summed E-state index contributed by atoms with van der Waals surface area (Å²) < 4.78 is 0. The van der Waals surface area contributed by atoms with Gasteiger partial charge in [0, 0.05) is 0 Å². The topological polar surface area (TPSA) is 0 Å². The molecule has 3 saturated carbocycles. The second-order valence-electron chi connectivity index (χ2n) is 5.13. The van der Waals surface area contributed by atoms with E-state index < -0.39 is 0 Å². The maximum absolute atomic E-state index is 2.34. The van der Waals surface area contributed by atoms with Crippen molar-refractivity contribution in [2.75, 3.05) is 0 Å². The summed E-state index contributed by atoms with van der Waals surface area (Å²) >= 11 is 0. The molecule has 0 spiro atoms. The Morgan fingerprint density at radius 2 is 1.43 bits per heavy atom. The van der Waals surface area contributed by atoms with Crippen molar-refractivity contribution in [2.45, 2.75) is 43.9 Å². The fourth-order valence-corrected chi connectivity index (χ4v) is 3.47. The Kier molecular flexibility index (Phi) is 1.90. The van der Waals surface area contributed by atoms with Crippen LogP contribution in [0.15, 0.2) is 30.3 Å². The molecule has 0 aliphatic heterocycles. The molecule has 0 saturated heterocycles. The van der Waals surface area contributed by atoms with Crippen LogP contribution < -0.4 is 0 Å². The fourth-order valence-electron chi connectivity index (χ4n) is 3.47. The van der Waals surface area contributed by atoms with Gasteiger partial charge in [0.1, 0.15) is 0 Å². The van der Waals surface area contributed by atoms with Crippen LogP contribution in [0, 0.1) is 5.92 Å². The van der Waals surface area contributed by atoms with Crippen LogP contribution >= 0.6 is 0 Å². The minimum Gasteiger partial charge on any atom is -0.0622 e. The van der Waals surface area contributed by atoms with Crippen LogP contribution in [0.25, 0.3) is 0 Å². The predicted octanol–water partition coefficient (Wildman–Crippen LogP) is 3.91. The molecule has 0 heteroatoms. The van der Waals surface area contributed by atoms with Gasteiger partial charge >= 0.3 is 0 Å². The first-order valence-corrected chi connectivity index (χ1v) is 5.95. The molecule has 0 nitrogen and oxygen atoms in total. The first-order valence-electron chi connectivity index (χ1n) is 5.95. The highest BCUT2D eigenvalue weighted by molar-refractivity contribution is 5.27. The lowest BCUT2D eigenvalue weighted by atomic mass is 9.58. The Labute approximate surface area is 86.3 Å². The first kappa shape index (κ1) is 8.52. The molecule has 1 aromatic rings. The Morgan fingerprint density at radius 3 is 2.00 bits per heavy atom. The highest BCUT2D eigenvalue weighted by Crippen LogP contribution is 2.51. The molecule has 14 heavy (non-hydrogen) atoms. The average molecular weight is 186 g/mol. The van der Waals surface area contributed by atoms with Crippen LogP contribution in [0.2, 0.25) is 0 Å². The number of rotatable bonds is 1. The molecule has 0 radical (unpaired) electrons. The summed E-state index contributed by atoms with van der Waals surface area (Å²) in [5.41, 5.74) is 2.19. The van der Waals surface area contributed by atoms with E-state index in [-0.39, 0.29) is 0 Å². The number of fused-ring (bicyclic) bond motifs is 3. The van der Waals surface area contributed by atoms with Crippen molar-refractivity contribution >= 4 is 0 Å². The third kappa shape index (κ3) is 1.20. The summed E-state index contributed by atoms with van der Waals surface area (Å²) in [6.45, 7) is 0. The van der Waals surface area contributed by atoms with Gasteiger partial charge < -0.3 is 0 Å². The van der Waals surface area contributed by atoms with Gasteiger partial charge in [-0.3, -0.25) is 0 Å². The van der Waals surface area contributed by atoms with Gasteiger partial charge in [0.25, 0.3) is 0 Å². The van der Waals surface area contributed by atoms with Crippen LogP contribution in [0.5, 0.6) is 0 Å². The molecule has 3 aliphatic carbocycles. The van der Waals surface area contributed by atoms with Gasteiger partial charge in [-0.15, -0.1) is 0 Å². The lowest BCUT2D eigenvalue weighted by Gasteiger charge is -2.47. The maximum atomic E-state index is 2.34. The van der Waals surface area contributed by atoms with Crippen LogP contribution in [0.4, 0.5) is 0 Å². The summed E-state index contributed by atoms with van der Waals surface area (Å²) in [5, 5.41) is 0. The SMILES string of the molecule is c1ccc(C23CCC(CC2)CC3)cc1. The number of hydrogen-bond acceptors (Lipinski definition) is 0. The predicted molar refractivity (Wildman–Crippen MR) is 59.3 cm³/mol. The van der Waals surface area contributed by atoms with Gasteiger partial charge in [-0.05, 0) is 55.4 Å². The van der Waals surface area contributed by atoms with E-state index in [1.165, 1.54) is 38.5 Å². The summed E-state index contributed by atoms with van der Waals surface area (Å²) in [5.74, 6) is 1.07. The first-order chi connectivity index (χ1) is 6.89. The van der Waals surface area contributed by atoms with E-state index in [1.54, 1.807) is 5.56 Å². The summed E-state index contributed by atoms with van der Waals surface area (Å²) in [6, 6.07) is 11.2. The van der Waals surface area contributed by atoms with Crippen molar-refractivity contribution in [3.63, 3.8) is 0 Å². The second kappa shape index (κ2) is 3.12. The normalized spacial score (nSPS) is 35.9. The summed E-state index contributed by atoms with van der Waals surface area (Å²) in [6.07, 6.45) is 8.78. The molecular formula is C14H18. The summed E-state index contributed by atoms with van der Waals surface area (Å²) in [4.78, 5) is 0. The monoisotopic (exact) mass is 186 g/mol. The molecule has 0 heterocycles. The fraction of sp³-hybridized carbons (Fsp3) is 0.571. The van der Waals surface area contributed by atoms with Crippen LogP contribution in [-0.4, -0.2) is 0 Å². The van der Waals surface area contributed by atoms with Crippen molar-refractivity contribution in [1.82, 2.24) is 0 Å². The highest BCUT2D eigenvalue weighted by Gasteiger charge is 2.41. The Balaban J connectivity index is 1.96. The molecule has 0 amide bonds. The van der Waals surface area contributed by atoms with Gasteiger partial charge in [0.2, 0.25) is 0 Å². The van der Waals surface area contributed by atoms with Gasteiger partial charge in [-0.25, -0.2) is 0 Å². The van der Waals surface area contributed by atoms with E-state index in [1.807, 2.05) is 0 Å². The summed E-state index contributed by atoms with van der Waals surface area (Å²) in [7, 11) is 0. The van der Waals surface area contributed by atoms with Crippen molar-refractivity contribution in [3.8, 4) is 0 Å². The van der Waals surface area contributed by atoms with Crippen LogP contribution in [0.1, 0.15) is 44.1 Å². The van der Waals surface area contributed by atoms with Crippen molar-refractivity contribution in [3.05, 3.63) is 35.9 Å². The number of hydrogen-bond donors (Lipinski definition) is 0. The zero-order valence-corrected chi connectivity index (χ0v) is 8.71. The largest absolute Gasteiger partial charge is 0.0622 e. The van der Waals surface area contributed by atoms with E-state index in [9.17, 15) is 0 Å². The Morgan fingerprint density at radius 1 is 0.857 bits per heavy atom. The number of benzene rings is 1. The minimum absolute atomic E-state index is 0.579. The lowest BCUT2D eigenvalue weighted by molar-refractivity contribution is 0.136. The molecule has 2 bridgehead atoms. The Bertz CT molecular complexity index is 290. The highest BCUT2D eigenvalue weighted by atomic mass is 14.5. The van der Waals surface area contributed by atoms with Crippen LogP contribution in [-0.2, 0) is 5.41 Å². The minimum atomic E-state index is 0.579. The third-order valence-corrected chi connectivity index (χ3v) is 4.48. The van der Waals surface area contributed by atoms with E-state index >= 15 is 0 Å². The quantitative estimate of drug-likeness (QED) is 0.624. The zero-order chi connectivity index (χ0) is 9.43. The molecule has 0 aromatic heterocycles. The van der Waals surface area contributed by atoms with Crippen molar-refractivity contribution < 1.29 is 0 Å². The van der Waals surface area contributed by atoms with Crippen LogP contribution in [0.3, 0.4) is 0 Å². The molecule has 3 fully saturated rings. The van der Waals surface area contributed by atoms with Crippen molar-refractivity contribution in [2.24, 2.45) is 5.92 Å². The van der Waals surface area contributed by atoms with Gasteiger partial charge in [0.15, 0.2) is 0 Å². The van der Waals surface area contributed by atoms with E-state index in [0.717, 1.165) is 5.92 Å². The Hall–Kier alpha value is -0.780. The molecule has 4 rings (SSSR count).